The van der Waals surface area contributed by atoms with Gasteiger partial charge >= 0.3 is 0 Å². The quantitative estimate of drug-likeness (QED) is 0.850. The van der Waals surface area contributed by atoms with E-state index in [2.05, 4.69) is 10.3 Å². The summed E-state index contributed by atoms with van der Waals surface area (Å²) in [6.07, 6.45) is 1.71. The molecule has 0 aliphatic rings. The van der Waals surface area contributed by atoms with Crippen LogP contribution in [0, 0.1) is 0 Å². The lowest BCUT2D eigenvalue weighted by Crippen LogP contribution is -2.27. The van der Waals surface area contributed by atoms with E-state index in [1.54, 1.807) is 24.4 Å². The first-order chi connectivity index (χ1) is 8.58. The third-order valence-corrected chi connectivity index (χ3v) is 3.62. The van der Waals surface area contributed by atoms with Crippen molar-refractivity contribution in [1.82, 2.24) is 10.3 Å². The minimum absolute atomic E-state index is 0.146. The molecule has 0 spiro atoms. The van der Waals surface area contributed by atoms with Gasteiger partial charge in [0.15, 0.2) is 0 Å². The molecule has 1 unspecified atom stereocenters. The zero-order valence-electron chi connectivity index (χ0n) is 9.68. The van der Waals surface area contributed by atoms with Gasteiger partial charge in [-0.15, -0.1) is 11.3 Å². The molecule has 0 aliphatic carbocycles. The summed E-state index contributed by atoms with van der Waals surface area (Å²) in [5.74, 6) is -0.230. The highest BCUT2D eigenvalue weighted by molar-refractivity contribution is 7.09. The van der Waals surface area contributed by atoms with E-state index in [-0.39, 0.29) is 11.9 Å². The van der Waals surface area contributed by atoms with Crippen molar-refractivity contribution >= 4 is 34.5 Å². The highest BCUT2D eigenvalue weighted by atomic mass is 35.5. The minimum atomic E-state index is -0.230. The number of hydrogen-bond donors (Lipinski definition) is 2. The number of nitrogens with zero attached hydrogens (tertiary/aromatic N) is 1. The van der Waals surface area contributed by atoms with Crippen LogP contribution in [0.4, 0.5) is 5.69 Å². The lowest BCUT2D eigenvalue weighted by Gasteiger charge is -2.12. The fourth-order valence-corrected chi connectivity index (χ4v) is 2.35. The van der Waals surface area contributed by atoms with Crippen LogP contribution in [-0.2, 0) is 0 Å². The Bertz CT molecular complexity index is 556. The van der Waals surface area contributed by atoms with Crippen molar-refractivity contribution in [3.8, 4) is 0 Å². The number of rotatable bonds is 3. The fourth-order valence-electron chi connectivity index (χ4n) is 1.52. The highest BCUT2D eigenvalue weighted by Gasteiger charge is 2.15. The number of hydrogen-bond acceptors (Lipinski definition) is 4. The van der Waals surface area contributed by atoms with E-state index in [9.17, 15) is 4.79 Å². The first-order valence-electron chi connectivity index (χ1n) is 5.33. The summed E-state index contributed by atoms with van der Waals surface area (Å²) in [7, 11) is 0. The molecule has 1 amide bonds. The number of aromatic nitrogens is 1. The maximum absolute atomic E-state index is 12.0. The van der Waals surface area contributed by atoms with Gasteiger partial charge in [-0.05, 0) is 25.1 Å². The van der Waals surface area contributed by atoms with Crippen LogP contribution >= 0.6 is 22.9 Å². The Morgan fingerprint density at radius 1 is 1.56 bits per heavy atom. The average Bonchev–Trinajstić information content (AvgIpc) is 2.81. The fraction of sp³-hybridized carbons (Fsp3) is 0.167. The number of benzene rings is 1. The van der Waals surface area contributed by atoms with E-state index in [1.165, 1.54) is 11.3 Å². The van der Waals surface area contributed by atoms with Crippen LogP contribution in [0.5, 0.6) is 0 Å². The SMILES string of the molecule is CC(NC(=O)c1ccc(Cl)cc1N)c1nccs1. The summed E-state index contributed by atoms with van der Waals surface area (Å²) in [6.45, 7) is 1.88. The minimum Gasteiger partial charge on any atom is -0.398 e. The summed E-state index contributed by atoms with van der Waals surface area (Å²) >= 11 is 7.29. The van der Waals surface area contributed by atoms with Gasteiger partial charge < -0.3 is 11.1 Å². The number of halogens is 1. The predicted molar refractivity (Wildman–Crippen MR) is 73.9 cm³/mol. The Morgan fingerprint density at radius 2 is 2.33 bits per heavy atom. The molecule has 0 radical (unpaired) electrons. The predicted octanol–water partition coefficient (Wildman–Crippen LogP) is 2.87. The van der Waals surface area contributed by atoms with Gasteiger partial charge in [-0.2, -0.15) is 0 Å². The molecule has 1 aromatic carbocycles. The van der Waals surface area contributed by atoms with Gasteiger partial charge in [-0.25, -0.2) is 4.98 Å². The molecule has 0 saturated heterocycles. The first-order valence-corrected chi connectivity index (χ1v) is 6.59. The maximum Gasteiger partial charge on any atom is 0.253 e. The average molecular weight is 282 g/mol. The molecule has 18 heavy (non-hydrogen) atoms. The molecule has 0 bridgehead atoms. The van der Waals surface area contributed by atoms with Crippen molar-refractivity contribution in [3.63, 3.8) is 0 Å². The van der Waals surface area contributed by atoms with Crippen molar-refractivity contribution in [2.24, 2.45) is 0 Å². The van der Waals surface area contributed by atoms with Crippen LogP contribution in [0.15, 0.2) is 29.8 Å². The number of carbonyl (C=O) groups excluding carboxylic acids is 1. The number of carbonyl (C=O) groups is 1. The first kappa shape index (κ1) is 12.9. The Balaban J connectivity index is 2.12. The van der Waals surface area contributed by atoms with Gasteiger partial charge in [-0.3, -0.25) is 4.79 Å². The molecule has 94 valence electrons. The molecule has 1 atom stereocenters. The summed E-state index contributed by atoms with van der Waals surface area (Å²) < 4.78 is 0. The Hall–Kier alpha value is -1.59. The van der Waals surface area contributed by atoms with Gasteiger partial charge in [0.1, 0.15) is 5.01 Å². The number of anilines is 1. The summed E-state index contributed by atoms with van der Waals surface area (Å²) in [4.78, 5) is 16.2. The van der Waals surface area contributed by atoms with Crippen LogP contribution in [0.3, 0.4) is 0 Å². The molecular formula is C12H12ClN3OS. The number of nitrogen functional groups attached to an aromatic ring is 1. The zero-order valence-corrected chi connectivity index (χ0v) is 11.3. The van der Waals surface area contributed by atoms with E-state index in [4.69, 9.17) is 17.3 Å². The molecule has 2 aromatic rings. The number of thiazole rings is 1. The van der Waals surface area contributed by atoms with Crippen molar-refractivity contribution < 1.29 is 4.79 Å². The van der Waals surface area contributed by atoms with Crippen LogP contribution in [-0.4, -0.2) is 10.9 Å². The topological polar surface area (TPSA) is 68.0 Å². The molecule has 2 rings (SSSR count). The number of nitrogens with one attached hydrogen (secondary N) is 1. The standard InChI is InChI=1S/C12H12ClN3OS/c1-7(12-15-4-5-18-12)16-11(17)9-3-2-8(13)6-10(9)14/h2-7H,14H2,1H3,(H,16,17). The third kappa shape index (κ3) is 2.80. The van der Waals surface area contributed by atoms with Crippen molar-refractivity contribution in [2.45, 2.75) is 13.0 Å². The van der Waals surface area contributed by atoms with E-state index in [0.717, 1.165) is 5.01 Å². The second-order valence-electron chi connectivity index (χ2n) is 3.80. The highest BCUT2D eigenvalue weighted by Crippen LogP contribution is 2.20. The molecule has 1 aromatic heterocycles. The Morgan fingerprint density at radius 3 is 2.94 bits per heavy atom. The zero-order chi connectivity index (χ0) is 13.1. The van der Waals surface area contributed by atoms with Crippen molar-refractivity contribution in [3.05, 3.63) is 45.4 Å². The molecule has 1 heterocycles. The molecule has 0 aliphatic heterocycles. The second kappa shape index (κ2) is 5.37. The smallest absolute Gasteiger partial charge is 0.253 e. The molecule has 0 saturated carbocycles. The second-order valence-corrected chi connectivity index (χ2v) is 5.16. The molecule has 6 heteroatoms. The molecule has 3 N–H and O–H groups in total. The van der Waals surface area contributed by atoms with Crippen molar-refractivity contribution in [2.75, 3.05) is 5.73 Å². The molecule has 0 fully saturated rings. The lowest BCUT2D eigenvalue weighted by molar-refractivity contribution is 0.0941. The molecule has 4 nitrogen and oxygen atoms in total. The number of amides is 1. The third-order valence-electron chi connectivity index (χ3n) is 2.43. The maximum atomic E-state index is 12.0. The van der Waals surface area contributed by atoms with E-state index >= 15 is 0 Å². The van der Waals surface area contributed by atoms with E-state index < -0.39 is 0 Å². The van der Waals surface area contributed by atoms with Crippen LogP contribution in [0.25, 0.3) is 0 Å². The Kier molecular flexibility index (Phi) is 3.84. The summed E-state index contributed by atoms with van der Waals surface area (Å²) in [5, 5.41) is 6.08. The lowest BCUT2D eigenvalue weighted by atomic mass is 10.1. The van der Waals surface area contributed by atoms with Gasteiger partial charge in [0, 0.05) is 22.3 Å². The number of nitrogens with two attached hydrogens (primary N) is 1. The summed E-state index contributed by atoms with van der Waals surface area (Å²) in [5.41, 5.74) is 6.54. The van der Waals surface area contributed by atoms with Crippen molar-refractivity contribution in [1.29, 1.82) is 0 Å². The normalized spacial score (nSPS) is 12.1. The van der Waals surface area contributed by atoms with Gasteiger partial charge in [0.25, 0.3) is 5.91 Å². The van der Waals surface area contributed by atoms with Crippen LogP contribution in [0.2, 0.25) is 5.02 Å². The largest absolute Gasteiger partial charge is 0.398 e. The molecular weight excluding hydrogens is 270 g/mol. The van der Waals surface area contributed by atoms with Crippen LogP contribution in [0.1, 0.15) is 28.3 Å². The van der Waals surface area contributed by atoms with Gasteiger partial charge in [0.05, 0.1) is 11.6 Å². The van der Waals surface area contributed by atoms with Crippen LogP contribution < -0.4 is 11.1 Å². The van der Waals surface area contributed by atoms with Gasteiger partial charge in [-0.1, -0.05) is 11.6 Å². The Labute approximate surface area is 114 Å². The summed E-state index contributed by atoms with van der Waals surface area (Å²) in [6, 6.07) is 4.67. The van der Waals surface area contributed by atoms with Gasteiger partial charge in [0.2, 0.25) is 0 Å². The van der Waals surface area contributed by atoms with E-state index in [0.29, 0.717) is 16.3 Å². The van der Waals surface area contributed by atoms with E-state index in [1.807, 2.05) is 12.3 Å². The monoisotopic (exact) mass is 281 g/mol.